The molecular formula is C85H162O17P2. The van der Waals surface area contributed by atoms with Gasteiger partial charge in [0.15, 0.2) is 12.2 Å². The largest absolute Gasteiger partial charge is 0.472 e. The third-order valence-electron chi connectivity index (χ3n) is 19.4. The SMILES string of the molecule is CCCCCC/C=C\C=C/CCCCCCCC(=O)O[C@H](COC(=O)CCCCCCCCCCCC(C)C)COP(=O)(O)OC[C@H](O)COP(=O)(O)OC[C@@H](COC(=O)CCCCCCCCCCCCCCCCCC)OC(=O)CCCCCCCCCCCCCCCCCCCCCCC. The van der Waals surface area contributed by atoms with Crippen LogP contribution in [-0.4, -0.2) is 96.7 Å². The zero-order chi connectivity index (χ0) is 76.2. The van der Waals surface area contributed by atoms with Crippen LogP contribution in [0, 0.1) is 5.92 Å². The molecule has 614 valence electrons. The number of esters is 4. The number of aliphatic hydroxyl groups excluding tert-OH is 1. The molecular weight excluding hydrogens is 1350 g/mol. The minimum atomic E-state index is -4.97. The minimum absolute atomic E-state index is 0.0852. The number of rotatable bonds is 83. The zero-order valence-electron chi connectivity index (χ0n) is 67.7. The molecule has 0 aromatic rings. The molecule has 0 aliphatic rings. The van der Waals surface area contributed by atoms with Gasteiger partial charge in [-0.1, -0.05) is 380 Å². The first kappa shape index (κ1) is 102. The average Bonchev–Trinajstić information content (AvgIpc) is 0.922. The van der Waals surface area contributed by atoms with E-state index in [1.54, 1.807) is 0 Å². The van der Waals surface area contributed by atoms with Gasteiger partial charge in [0.2, 0.25) is 0 Å². The Morgan fingerprint density at radius 3 is 0.788 bits per heavy atom. The molecule has 0 saturated heterocycles. The first-order chi connectivity index (χ1) is 50.5. The molecule has 0 heterocycles. The molecule has 0 rings (SSSR count). The highest BCUT2D eigenvalue weighted by atomic mass is 31.2. The molecule has 0 aromatic heterocycles. The summed E-state index contributed by atoms with van der Waals surface area (Å²) in [5.74, 6) is -1.39. The van der Waals surface area contributed by atoms with Crippen molar-refractivity contribution in [2.75, 3.05) is 39.6 Å². The number of ether oxygens (including phenoxy) is 4. The van der Waals surface area contributed by atoms with Gasteiger partial charge in [-0.2, -0.15) is 0 Å². The van der Waals surface area contributed by atoms with Gasteiger partial charge >= 0.3 is 39.5 Å². The summed E-state index contributed by atoms with van der Waals surface area (Å²) in [6, 6.07) is 0. The molecule has 3 N–H and O–H groups in total. The highest BCUT2D eigenvalue weighted by Crippen LogP contribution is 2.45. The molecule has 0 amide bonds. The average molecular weight is 1520 g/mol. The molecule has 0 bridgehead atoms. The van der Waals surface area contributed by atoms with E-state index in [4.69, 9.17) is 37.0 Å². The molecule has 0 saturated carbocycles. The van der Waals surface area contributed by atoms with E-state index < -0.39 is 97.5 Å². The highest BCUT2D eigenvalue weighted by molar-refractivity contribution is 7.47. The minimum Gasteiger partial charge on any atom is -0.462 e. The van der Waals surface area contributed by atoms with Gasteiger partial charge < -0.3 is 33.8 Å². The molecule has 0 aliphatic heterocycles. The molecule has 2 unspecified atom stereocenters. The molecule has 0 fully saturated rings. The van der Waals surface area contributed by atoms with Crippen molar-refractivity contribution in [2.24, 2.45) is 5.92 Å². The second-order valence-corrected chi connectivity index (χ2v) is 33.3. The van der Waals surface area contributed by atoms with Gasteiger partial charge in [0.25, 0.3) is 0 Å². The Hall–Kier alpha value is -2.46. The number of aliphatic hydroxyl groups is 1. The predicted octanol–water partition coefficient (Wildman–Crippen LogP) is 25.5. The van der Waals surface area contributed by atoms with E-state index in [0.29, 0.717) is 25.7 Å². The van der Waals surface area contributed by atoms with Crippen molar-refractivity contribution in [3.63, 3.8) is 0 Å². The third-order valence-corrected chi connectivity index (χ3v) is 21.3. The van der Waals surface area contributed by atoms with Crippen LogP contribution in [0.2, 0.25) is 0 Å². The number of phosphoric acid groups is 2. The van der Waals surface area contributed by atoms with Gasteiger partial charge in [-0.25, -0.2) is 9.13 Å². The predicted molar refractivity (Wildman–Crippen MR) is 428 cm³/mol. The first-order valence-electron chi connectivity index (χ1n) is 43.5. The molecule has 0 aliphatic carbocycles. The summed E-state index contributed by atoms with van der Waals surface area (Å²) in [6.07, 6.45) is 73.0. The van der Waals surface area contributed by atoms with Gasteiger partial charge in [0.05, 0.1) is 26.4 Å². The van der Waals surface area contributed by atoms with Gasteiger partial charge in [0, 0.05) is 25.7 Å². The number of allylic oxidation sites excluding steroid dienone is 4. The van der Waals surface area contributed by atoms with Crippen molar-refractivity contribution in [3.8, 4) is 0 Å². The summed E-state index contributed by atoms with van der Waals surface area (Å²) < 4.78 is 68.8. The van der Waals surface area contributed by atoms with Crippen molar-refractivity contribution in [2.45, 2.75) is 451 Å². The van der Waals surface area contributed by atoms with Gasteiger partial charge in [-0.05, 0) is 57.3 Å². The van der Waals surface area contributed by atoms with E-state index in [-0.39, 0.29) is 25.7 Å². The van der Waals surface area contributed by atoms with Crippen LogP contribution in [0.4, 0.5) is 0 Å². The Morgan fingerprint density at radius 1 is 0.298 bits per heavy atom. The topological polar surface area (TPSA) is 237 Å². The Kier molecular flexibility index (Phi) is 75.4. The first-order valence-corrected chi connectivity index (χ1v) is 46.4. The van der Waals surface area contributed by atoms with E-state index in [1.807, 2.05) is 0 Å². The van der Waals surface area contributed by atoms with Crippen LogP contribution < -0.4 is 0 Å². The van der Waals surface area contributed by atoms with Crippen molar-refractivity contribution in [3.05, 3.63) is 24.3 Å². The van der Waals surface area contributed by atoms with Crippen molar-refractivity contribution < 1.29 is 80.2 Å². The molecule has 0 aromatic carbocycles. The standard InChI is InChI=1S/C85H162O17P2/c1-6-9-12-15-18-21-24-27-30-32-33-34-35-36-39-42-45-50-56-61-66-71-85(90)101-80(74-95-82(87)68-63-58-53-48-43-40-38-31-28-25-22-19-16-13-10-7-2)76-99-103(91,92)97-72-79(86)73-98-104(93,94)100-77-81(75-96-83(88)69-64-59-54-51-46-47-52-57-62-67-78(4)5)102-84(89)70-65-60-55-49-44-41-37-29-26-23-20-17-14-11-8-3/h23,26,29,37,78-81,86H,6-22,24-25,27-28,30-36,38-77H2,1-5H3,(H,91,92)(H,93,94)/b26-23-,37-29-/t79-,80-,81-/m1/s1. The van der Waals surface area contributed by atoms with E-state index in [9.17, 15) is 43.2 Å². The quantitative estimate of drug-likeness (QED) is 0.0169. The van der Waals surface area contributed by atoms with E-state index >= 15 is 0 Å². The lowest BCUT2D eigenvalue weighted by Crippen LogP contribution is -2.30. The van der Waals surface area contributed by atoms with Gasteiger partial charge in [-0.3, -0.25) is 37.3 Å². The van der Waals surface area contributed by atoms with Crippen LogP contribution in [0.15, 0.2) is 24.3 Å². The highest BCUT2D eigenvalue weighted by Gasteiger charge is 2.30. The van der Waals surface area contributed by atoms with Gasteiger partial charge in [-0.15, -0.1) is 0 Å². The normalized spacial score (nSPS) is 13.9. The monoisotopic (exact) mass is 1520 g/mol. The Labute approximate surface area is 637 Å². The maximum atomic E-state index is 13.1. The zero-order valence-corrected chi connectivity index (χ0v) is 69.4. The van der Waals surface area contributed by atoms with E-state index in [0.717, 1.165) is 109 Å². The summed E-state index contributed by atoms with van der Waals surface area (Å²) in [4.78, 5) is 73.2. The maximum absolute atomic E-state index is 13.1. The Bertz CT molecular complexity index is 2070. The lowest BCUT2D eigenvalue weighted by atomic mass is 10.0. The fourth-order valence-corrected chi connectivity index (χ4v) is 14.3. The lowest BCUT2D eigenvalue weighted by molar-refractivity contribution is -0.161. The fourth-order valence-electron chi connectivity index (χ4n) is 12.8. The number of hydrogen-bond donors (Lipinski definition) is 3. The third kappa shape index (κ3) is 77.7. The smallest absolute Gasteiger partial charge is 0.462 e. The molecule has 19 heteroatoms. The van der Waals surface area contributed by atoms with Crippen molar-refractivity contribution in [1.29, 1.82) is 0 Å². The summed E-state index contributed by atoms with van der Waals surface area (Å²) in [7, 11) is -9.94. The van der Waals surface area contributed by atoms with Gasteiger partial charge in [0.1, 0.15) is 19.3 Å². The lowest BCUT2D eigenvalue weighted by Gasteiger charge is -2.21. The molecule has 0 spiro atoms. The summed E-state index contributed by atoms with van der Waals surface area (Å²) in [5.41, 5.74) is 0. The Balaban J connectivity index is 5.27. The van der Waals surface area contributed by atoms with Crippen LogP contribution in [0.5, 0.6) is 0 Å². The van der Waals surface area contributed by atoms with Crippen molar-refractivity contribution >= 4 is 39.5 Å². The van der Waals surface area contributed by atoms with Crippen LogP contribution in [0.3, 0.4) is 0 Å². The summed E-state index contributed by atoms with van der Waals surface area (Å²) in [5, 5.41) is 10.7. The maximum Gasteiger partial charge on any atom is 0.472 e. The second-order valence-electron chi connectivity index (χ2n) is 30.4. The van der Waals surface area contributed by atoms with Crippen LogP contribution >= 0.6 is 15.6 Å². The van der Waals surface area contributed by atoms with E-state index in [2.05, 4.69) is 58.9 Å². The molecule has 17 nitrogen and oxygen atoms in total. The molecule has 5 atom stereocenters. The summed E-state index contributed by atoms with van der Waals surface area (Å²) in [6.45, 7) is 7.27. The summed E-state index contributed by atoms with van der Waals surface area (Å²) >= 11 is 0. The molecule has 0 radical (unpaired) electrons. The number of phosphoric ester groups is 2. The van der Waals surface area contributed by atoms with E-state index in [1.165, 1.54) is 244 Å². The Morgan fingerprint density at radius 2 is 0.519 bits per heavy atom. The van der Waals surface area contributed by atoms with Crippen LogP contribution in [0.25, 0.3) is 0 Å². The fraction of sp³-hybridized carbons (Fsp3) is 0.906. The number of carbonyl (C=O) groups is 4. The number of carbonyl (C=O) groups excluding carboxylic acids is 4. The second kappa shape index (κ2) is 77.3. The van der Waals surface area contributed by atoms with Crippen LogP contribution in [0.1, 0.15) is 433 Å². The molecule has 104 heavy (non-hydrogen) atoms. The number of unbranched alkanes of at least 4 members (excludes halogenated alkanes) is 52. The van der Waals surface area contributed by atoms with Crippen molar-refractivity contribution in [1.82, 2.24) is 0 Å². The van der Waals surface area contributed by atoms with Crippen LogP contribution in [-0.2, 0) is 65.4 Å². The number of hydrogen-bond acceptors (Lipinski definition) is 15.